The van der Waals surface area contributed by atoms with Crippen LogP contribution in [0.5, 0.6) is 0 Å². The van der Waals surface area contributed by atoms with Crippen molar-refractivity contribution in [3.05, 3.63) is 53.6 Å². The molecule has 0 fully saturated rings. The molecule has 0 aliphatic heterocycles. The van der Waals surface area contributed by atoms with Crippen LogP contribution in [0.25, 0.3) is 10.9 Å². The van der Waals surface area contributed by atoms with E-state index in [1.54, 1.807) is 12.3 Å². The average molecular weight is 255 g/mol. The van der Waals surface area contributed by atoms with Crippen molar-refractivity contribution in [3.8, 4) is 0 Å². The zero-order valence-electron chi connectivity index (χ0n) is 10.4. The molecule has 0 aliphatic carbocycles. The highest BCUT2D eigenvalue weighted by Crippen LogP contribution is 2.17. The molecule has 5 nitrogen and oxygen atoms in total. The van der Waals surface area contributed by atoms with Crippen LogP contribution in [0.2, 0.25) is 0 Å². The maximum absolute atomic E-state index is 12.1. The van der Waals surface area contributed by atoms with Gasteiger partial charge < -0.3 is 9.73 Å². The number of nitrogens with one attached hydrogen (secondary N) is 2. The smallest absolute Gasteiger partial charge is 0.272 e. The second kappa shape index (κ2) is 4.61. The monoisotopic (exact) mass is 255 g/mol. The molecule has 96 valence electrons. The van der Waals surface area contributed by atoms with Crippen molar-refractivity contribution < 1.29 is 9.21 Å². The largest absolute Gasteiger partial charge is 0.467 e. The second-order valence-electron chi connectivity index (χ2n) is 4.38. The van der Waals surface area contributed by atoms with Crippen LogP contribution in [-0.4, -0.2) is 16.1 Å². The lowest BCUT2D eigenvalue weighted by atomic mass is 10.1. The van der Waals surface area contributed by atoms with Gasteiger partial charge in [-0.05, 0) is 31.2 Å². The number of carbonyl (C=O) groups is 1. The van der Waals surface area contributed by atoms with Gasteiger partial charge in [-0.1, -0.05) is 11.6 Å². The Kier molecular flexibility index (Phi) is 2.79. The Balaban J connectivity index is 1.83. The predicted octanol–water partition coefficient (Wildman–Crippen LogP) is 2.39. The molecule has 0 unspecified atom stereocenters. The lowest BCUT2D eigenvalue weighted by Crippen LogP contribution is -2.23. The Morgan fingerprint density at radius 2 is 2.32 bits per heavy atom. The highest BCUT2D eigenvalue weighted by atomic mass is 16.3. The van der Waals surface area contributed by atoms with Crippen LogP contribution in [0.4, 0.5) is 0 Å². The number of furan rings is 1. The van der Waals surface area contributed by atoms with Crippen molar-refractivity contribution >= 4 is 16.8 Å². The summed E-state index contributed by atoms with van der Waals surface area (Å²) in [6.07, 6.45) is 1.58. The molecule has 3 aromatic rings. The van der Waals surface area contributed by atoms with Crippen molar-refractivity contribution in [2.75, 3.05) is 0 Å². The molecule has 3 rings (SSSR count). The van der Waals surface area contributed by atoms with Gasteiger partial charge in [0.2, 0.25) is 0 Å². The molecule has 0 radical (unpaired) electrons. The van der Waals surface area contributed by atoms with Crippen LogP contribution >= 0.6 is 0 Å². The Morgan fingerprint density at radius 3 is 3.11 bits per heavy atom. The van der Waals surface area contributed by atoms with Gasteiger partial charge >= 0.3 is 0 Å². The highest BCUT2D eigenvalue weighted by Gasteiger charge is 2.14. The topological polar surface area (TPSA) is 70.9 Å². The minimum Gasteiger partial charge on any atom is -0.467 e. The standard InChI is InChI=1S/C14H13N3O2/c1-9-4-5-12-11(7-9)13(17-16-12)14(18)15-8-10-3-2-6-19-10/h2-7H,8H2,1H3,(H,15,18)(H,16,17). The Labute approximate surface area is 109 Å². The van der Waals surface area contributed by atoms with E-state index < -0.39 is 0 Å². The van der Waals surface area contributed by atoms with E-state index in [0.717, 1.165) is 16.5 Å². The van der Waals surface area contributed by atoms with E-state index in [9.17, 15) is 4.79 Å². The molecule has 2 N–H and O–H groups in total. The minimum atomic E-state index is -0.215. The first-order valence-electron chi connectivity index (χ1n) is 5.99. The van der Waals surface area contributed by atoms with Crippen molar-refractivity contribution in [2.24, 2.45) is 0 Å². The van der Waals surface area contributed by atoms with Crippen LogP contribution in [-0.2, 0) is 6.54 Å². The van der Waals surface area contributed by atoms with Gasteiger partial charge in [0.1, 0.15) is 5.76 Å². The number of aromatic amines is 1. The maximum atomic E-state index is 12.1. The van der Waals surface area contributed by atoms with Crippen molar-refractivity contribution in [1.29, 1.82) is 0 Å². The van der Waals surface area contributed by atoms with Crippen molar-refractivity contribution in [1.82, 2.24) is 15.5 Å². The van der Waals surface area contributed by atoms with E-state index in [0.29, 0.717) is 18.0 Å². The molecular weight excluding hydrogens is 242 g/mol. The molecule has 19 heavy (non-hydrogen) atoms. The van der Waals surface area contributed by atoms with Crippen molar-refractivity contribution in [2.45, 2.75) is 13.5 Å². The number of benzene rings is 1. The summed E-state index contributed by atoms with van der Waals surface area (Å²) in [4.78, 5) is 12.1. The summed E-state index contributed by atoms with van der Waals surface area (Å²) in [7, 11) is 0. The van der Waals surface area contributed by atoms with Gasteiger partial charge in [0.15, 0.2) is 5.69 Å². The first-order chi connectivity index (χ1) is 9.24. The third-order valence-corrected chi connectivity index (χ3v) is 2.94. The third kappa shape index (κ3) is 2.22. The molecular formula is C14H13N3O2. The summed E-state index contributed by atoms with van der Waals surface area (Å²) in [6, 6.07) is 9.44. The van der Waals surface area contributed by atoms with Crippen LogP contribution in [0.15, 0.2) is 41.0 Å². The minimum absolute atomic E-state index is 0.215. The van der Waals surface area contributed by atoms with Gasteiger partial charge in [0.05, 0.1) is 18.3 Å². The summed E-state index contributed by atoms with van der Waals surface area (Å²) >= 11 is 0. The fraction of sp³-hybridized carbons (Fsp3) is 0.143. The Hall–Kier alpha value is -2.56. The number of hydrogen-bond donors (Lipinski definition) is 2. The van der Waals surface area contributed by atoms with E-state index in [-0.39, 0.29) is 5.91 Å². The number of hydrogen-bond acceptors (Lipinski definition) is 3. The van der Waals surface area contributed by atoms with Crippen LogP contribution < -0.4 is 5.32 Å². The molecule has 2 aromatic heterocycles. The number of amides is 1. The molecule has 1 aromatic carbocycles. The number of rotatable bonds is 3. The van der Waals surface area contributed by atoms with Gasteiger partial charge in [-0.3, -0.25) is 9.89 Å². The second-order valence-corrected chi connectivity index (χ2v) is 4.38. The number of aromatic nitrogens is 2. The molecule has 0 spiro atoms. The Bertz CT molecular complexity index is 713. The molecule has 1 amide bonds. The van der Waals surface area contributed by atoms with Gasteiger partial charge in [-0.25, -0.2) is 0 Å². The quantitative estimate of drug-likeness (QED) is 0.755. The summed E-state index contributed by atoms with van der Waals surface area (Å²) in [5, 5.41) is 10.5. The zero-order valence-corrected chi connectivity index (χ0v) is 10.4. The van der Waals surface area contributed by atoms with Crippen LogP contribution in [0, 0.1) is 6.92 Å². The zero-order chi connectivity index (χ0) is 13.2. The molecule has 5 heteroatoms. The van der Waals surface area contributed by atoms with Crippen LogP contribution in [0.3, 0.4) is 0 Å². The fourth-order valence-electron chi connectivity index (χ4n) is 1.97. The van der Waals surface area contributed by atoms with Gasteiger partial charge in [-0.2, -0.15) is 5.10 Å². The molecule has 0 aliphatic rings. The third-order valence-electron chi connectivity index (χ3n) is 2.94. The molecule has 0 saturated carbocycles. The van der Waals surface area contributed by atoms with E-state index >= 15 is 0 Å². The van der Waals surface area contributed by atoms with Crippen LogP contribution in [0.1, 0.15) is 21.8 Å². The summed E-state index contributed by atoms with van der Waals surface area (Å²) in [6.45, 7) is 2.34. The lowest BCUT2D eigenvalue weighted by Gasteiger charge is -2.01. The first-order valence-corrected chi connectivity index (χ1v) is 5.99. The fourth-order valence-corrected chi connectivity index (χ4v) is 1.97. The van der Waals surface area contributed by atoms with Gasteiger partial charge in [-0.15, -0.1) is 0 Å². The van der Waals surface area contributed by atoms with Gasteiger partial charge in [0.25, 0.3) is 5.91 Å². The number of aryl methyl sites for hydroxylation is 1. The number of carbonyl (C=O) groups excluding carboxylic acids is 1. The number of fused-ring (bicyclic) bond motifs is 1. The van der Waals surface area contributed by atoms with Gasteiger partial charge in [0, 0.05) is 5.39 Å². The summed E-state index contributed by atoms with van der Waals surface area (Å²) in [5.74, 6) is 0.498. The number of H-pyrrole nitrogens is 1. The van der Waals surface area contributed by atoms with E-state index in [1.165, 1.54) is 0 Å². The maximum Gasteiger partial charge on any atom is 0.272 e. The SMILES string of the molecule is Cc1ccc2[nH]nc(C(=O)NCc3ccco3)c2c1. The van der Waals surface area contributed by atoms with E-state index in [2.05, 4.69) is 15.5 Å². The summed E-state index contributed by atoms with van der Waals surface area (Å²) < 4.78 is 5.16. The normalized spacial score (nSPS) is 10.8. The molecule has 0 atom stereocenters. The highest BCUT2D eigenvalue weighted by molar-refractivity contribution is 6.04. The van der Waals surface area contributed by atoms with Crippen molar-refractivity contribution in [3.63, 3.8) is 0 Å². The predicted molar refractivity (Wildman–Crippen MR) is 70.7 cm³/mol. The average Bonchev–Trinajstić information content (AvgIpc) is 3.04. The number of nitrogens with zero attached hydrogens (tertiary/aromatic N) is 1. The molecule has 2 heterocycles. The Morgan fingerprint density at radius 1 is 1.42 bits per heavy atom. The lowest BCUT2D eigenvalue weighted by molar-refractivity contribution is 0.0944. The first kappa shape index (κ1) is 11.5. The molecule has 0 bridgehead atoms. The van der Waals surface area contributed by atoms with E-state index in [4.69, 9.17) is 4.42 Å². The van der Waals surface area contributed by atoms with E-state index in [1.807, 2.05) is 31.2 Å². The summed E-state index contributed by atoms with van der Waals surface area (Å²) in [5.41, 5.74) is 2.35. The molecule has 0 saturated heterocycles.